The van der Waals surface area contributed by atoms with Crippen LogP contribution in [0.2, 0.25) is 0 Å². The number of amides is 1. The molecule has 1 spiro atoms. The first-order valence-electron chi connectivity index (χ1n) is 15.1. The molecule has 0 aliphatic carbocycles. The lowest BCUT2D eigenvalue weighted by Crippen LogP contribution is -2.57. The van der Waals surface area contributed by atoms with E-state index in [1.165, 1.54) is 16.5 Å². The maximum Gasteiger partial charge on any atom is 0.305 e. The number of hydrogen-bond donors (Lipinski definition) is 4. The Morgan fingerprint density at radius 1 is 1.20 bits per heavy atom. The number of phenolic OH excluding ortho intramolecular Hbond substituents is 1. The Morgan fingerprint density at radius 2 is 2.02 bits per heavy atom. The van der Waals surface area contributed by atoms with Gasteiger partial charge in [-0.1, -0.05) is 31.3 Å². The Morgan fingerprint density at radius 3 is 2.80 bits per heavy atom. The van der Waals surface area contributed by atoms with Gasteiger partial charge in [0.15, 0.2) is 0 Å². The number of morpholine rings is 1. The molecule has 2 fully saturated rings. The fraction of sp³-hybridized carbons (Fsp3) is 0.516. The second kappa shape index (κ2) is 13.4. The van der Waals surface area contributed by atoms with Gasteiger partial charge in [-0.25, -0.2) is 4.98 Å². The Hall–Kier alpha value is -2.65. The summed E-state index contributed by atoms with van der Waals surface area (Å²) in [5.41, 5.74) is 2.56. The number of ether oxygens (including phenoxy) is 1. The van der Waals surface area contributed by atoms with E-state index in [-0.39, 0.29) is 22.1 Å². The van der Waals surface area contributed by atoms with E-state index in [0.717, 1.165) is 61.8 Å². The smallest absolute Gasteiger partial charge is 0.305 e. The molecule has 2 aliphatic rings. The number of nitrogens with one attached hydrogen (secondary N) is 2. The first-order valence-corrected chi connectivity index (χ1v) is 17.7. The van der Waals surface area contributed by atoms with Crippen LogP contribution in [-0.4, -0.2) is 87.4 Å². The van der Waals surface area contributed by atoms with E-state index in [2.05, 4.69) is 45.5 Å². The van der Waals surface area contributed by atoms with E-state index in [1.54, 1.807) is 28.7 Å². The van der Waals surface area contributed by atoms with E-state index in [4.69, 9.17) is 4.74 Å². The van der Waals surface area contributed by atoms with Gasteiger partial charge in [0.05, 0.1) is 34.6 Å². The maximum atomic E-state index is 13.2. The second-order valence-electron chi connectivity index (χ2n) is 12.0. The summed E-state index contributed by atoms with van der Waals surface area (Å²) in [6.45, 7) is 9.85. The number of aliphatic hydroxyl groups is 1. The molecule has 1 unspecified atom stereocenters. The lowest BCUT2D eigenvalue weighted by molar-refractivity contribution is -0.127. The highest BCUT2D eigenvalue weighted by atomic mass is 32.1. The molecule has 0 saturated carbocycles. The first kappa shape index (κ1) is 31.3. The third-order valence-electron chi connectivity index (χ3n) is 8.50. The van der Waals surface area contributed by atoms with Crippen molar-refractivity contribution in [2.24, 2.45) is 0 Å². The molecule has 1 atom stereocenters. The number of thiophene rings is 1. The molecule has 2 aliphatic heterocycles. The van der Waals surface area contributed by atoms with Crippen molar-refractivity contribution >= 4 is 50.1 Å². The maximum absolute atomic E-state index is 13.2. The third-order valence-corrected chi connectivity index (χ3v) is 11.5. The largest absolute Gasteiger partial charge is 0.506 e. The summed E-state index contributed by atoms with van der Waals surface area (Å²) in [7, 11) is 0. The van der Waals surface area contributed by atoms with Crippen LogP contribution in [-0.2, 0) is 17.7 Å². The SMILES string of the molecule is CC(C)c1nc(C(=O)N2CCOC3(CCN(Cc4cc(CCNCC(O)c5ccc(O)c6[nH]c(=O)sc56)cs4)CC3)C2)cs1. The van der Waals surface area contributed by atoms with Gasteiger partial charge in [0.25, 0.3) is 5.91 Å². The van der Waals surface area contributed by atoms with Gasteiger partial charge in [0, 0.05) is 54.5 Å². The fourth-order valence-corrected chi connectivity index (χ4v) is 8.69. The van der Waals surface area contributed by atoms with E-state index in [1.807, 2.05) is 10.3 Å². The Labute approximate surface area is 268 Å². The molecule has 1 aromatic carbocycles. The minimum atomic E-state index is -0.784. The number of hydrogen-bond acceptors (Lipinski definition) is 11. The number of rotatable bonds is 10. The average molecular weight is 658 g/mol. The molecular formula is C31H39N5O5S3. The van der Waals surface area contributed by atoms with Crippen LogP contribution < -0.4 is 10.2 Å². The van der Waals surface area contributed by atoms with Crippen LogP contribution in [0, 0.1) is 0 Å². The molecule has 0 radical (unpaired) electrons. The Kier molecular flexibility index (Phi) is 9.53. The first-order chi connectivity index (χ1) is 21.2. The Balaban J connectivity index is 0.945. The Bertz CT molecular complexity index is 1650. The number of likely N-dealkylation sites (tertiary alicyclic amines) is 1. The summed E-state index contributed by atoms with van der Waals surface area (Å²) < 4.78 is 6.90. The zero-order valence-corrected chi connectivity index (χ0v) is 27.5. The zero-order valence-electron chi connectivity index (χ0n) is 25.0. The summed E-state index contributed by atoms with van der Waals surface area (Å²) in [6, 6.07) is 5.44. The van der Waals surface area contributed by atoms with E-state index in [9.17, 15) is 19.8 Å². The highest BCUT2D eigenvalue weighted by molar-refractivity contribution is 7.16. The highest BCUT2D eigenvalue weighted by Gasteiger charge is 2.41. The van der Waals surface area contributed by atoms with Crippen LogP contribution in [0.15, 0.2) is 33.8 Å². The number of H-pyrrole nitrogens is 1. The van der Waals surface area contributed by atoms with Gasteiger partial charge in [0.2, 0.25) is 0 Å². The number of carbonyl (C=O) groups excluding carboxylic acids is 1. The number of carbonyl (C=O) groups is 1. The number of aromatic amines is 1. The zero-order chi connectivity index (χ0) is 30.8. The molecule has 0 bridgehead atoms. The summed E-state index contributed by atoms with van der Waals surface area (Å²) in [6.07, 6.45) is 1.88. The van der Waals surface area contributed by atoms with Crippen LogP contribution >= 0.6 is 34.0 Å². The lowest BCUT2D eigenvalue weighted by atomic mass is 9.89. The van der Waals surface area contributed by atoms with Crippen LogP contribution in [0.1, 0.15) is 70.2 Å². The summed E-state index contributed by atoms with van der Waals surface area (Å²) in [5.74, 6) is 0.347. The monoisotopic (exact) mass is 657 g/mol. The minimum Gasteiger partial charge on any atom is -0.506 e. The van der Waals surface area contributed by atoms with Crippen LogP contribution in [0.5, 0.6) is 5.75 Å². The summed E-state index contributed by atoms with van der Waals surface area (Å²) in [4.78, 5) is 37.6. The lowest BCUT2D eigenvalue weighted by Gasteiger charge is -2.47. The molecular weight excluding hydrogens is 619 g/mol. The van der Waals surface area contributed by atoms with Gasteiger partial charge < -0.3 is 30.2 Å². The molecule has 2 saturated heterocycles. The van der Waals surface area contributed by atoms with Crippen molar-refractivity contribution in [3.05, 3.63) is 65.3 Å². The van der Waals surface area contributed by atoms with Crippen LogP contribution in [0.3, 0.4) is 0 Å². The predicted molar refractivity (Wildman–Crippen MR) is 175 cm³/mol. The van der Waals surface area contributed by atoms with Crippen molar-refractivity contribution in [2.75, 3.05) is 45.9 Å². The molecule has 44 heavy (non-hydrogen) atoms. The predicted octanol–water partition coefficient (Wildman–Crippen LogP) is 4.31. The summed E-state index contributed by atoms with van der Waals surface area (Å²) in [5, 5.41) is 29.1. The number of thiazole rings is 2. The average Bonchev–Trinajstić information content (AvgIpc) is 3.77. The summed E-state index contributed by atoms with van der Waals surface area (Å²) >= 11 is 4.34. The van der Waals surface area contributed by atoms with Crippen molar-refractivity contribution < 1.29 is 19.7 Å². The number of benzene rings is 1. The van der Waals surface area contributed by atoms with Crippen molar-refractivity contribution in [3.8, 4) is 5.75 Å². The molecule has 1 amide bonds. The molecule has 6 rings (SSSR count). The van der Waals surface area contributed by atoms with Crippen molar-refractivity contribution in [1.82, 2.24) is 25.1 Å². The van der Waals surface area contributed by atoms with Gasteiger partial charge in [-0.2, -0.15) is 0 Å². The molecule has 236 valence electrons. The number of aromatic hydroxyl groups is 1. The van der Waals surface area contributed by atoms with Crippen LogP contribution in [0.4, 0.5) is 0 Å². The van der Waals surface area contributed by atoms with E-state index < -0.39 is 6.10 Å². The molecule has 10 nitrogen and oxygen atoms in total. The van der Waals surface area contributed by atoms with Crippen molar-refractivity contribution in [3.63, 3.8) is 0 Å². The number of piperidine rings is 1. The van der Waals surface area contributed by atoms with Gasteiger partial charge >= 0.3 is 4.87 Å². The van der Waals surface area contributed by atoms with Crippen molar-refractivity contribution in [2.45, 2.75) is 57.3 Å². The molecule has 4 N–H and O–H groups in total. The highest BCUT2D eigenvalue weighted by Crippen LogP contribution is 2.33. The minimum absolute atomic E-state index is 0.00718. The van der Waals surface area contributed by atoms with Crippen LogP contribution in [0.25, 0.3) is 10.2 Å². The number of aromatic nitrogens is 2. The number of aliphatic hydroxyl groups excluding tert-OH is 1. The van der Waals surface area contributed by atoms with Crippen molar-refractivity contribution in [1.29, 1.82) is 0 Å². The van der Waals surface area contributed by atoms with Gasteiger partial charge in [-0.15, -0.1) is 22.7 Å². The number of nitrogens with zero attached hydrogens (tertiary/aromatic N) is 3. The van der Waals surface area contributed by atoms with E-state index >= 15 is 0 Å². The quantitative estimate of drug-likeness (QED) is 0.186. The topological polar surface area (TPSA) is 131 Å². The van der Waals surface area contributed by atoms with Gasteiger partial charge in [-0.05, 0) is 48.9 Å². The molecule has 3 aromatic heterocycles. The fourth-order valence-electron chi connectivity index (χ4n) is 6.00. The molecule has 5 heterocycles. The third kappa shape index (κ3) is 6.94. The van der Waals surface area contributed by atoms with Gasteiger partial charge in [-0.3, -0.25) is 14.5 Å². The number of phenols is 1. The molecule has 13 heteroatoms. The molecule has 4 aromatic rings. The standard InChI is InChI=1S/C31H39N5O5S3/c1-19(2)28-33-23(17-43-28)29(39)36-11-12-41-31(18-36)6-9-35(10-7-31)15-21-13-20(16-42-21)5-8-32-14-25(38)22-3-4-24(37)26-27(22)44-30(40)34-26/h3-4,13,16-17,19,25,32,37-38H,5-12,14-15,18H2,1-2H3,(H,34,40). The van der Waals surface area contributed by atoms with Gasteiger partial charge in [0.1, 0.15) is 17.0 Å². The second-order valence-corrected chi connectivity index (χ2v) is 14.9. The van der Waals surface area contributed by atoms with E-state index in [0.29, 0.717) is 53.6 Å². The normalized spacial score (nSPS) is 18.0. The number of fused-ring (bicyclic) bond motifs is 1.